The topological polar surface area (TPSA) is 41.1 Å². The maximum absolute atomic E-state index is 12.7. The largest absolute Gasteiger partial charge is 0.416 e. The maximum Gasteiger partial charge on any atom is 0.416 e. The van der Waals surface area contributed by atoms with Crippen LogP contribution in [0.3, 0.4) is 0 Å². The van der Waals surface area contributed by atoms with Gasteiger partial charge in [0.15, 0.2) is 0 Å². The molecule has 0 spiro atoms. The fourth-order valence-electron chi connectivity index (χ4n) is 1.73. The molecule has 0 aliphatic carbocycles. The van der Waals surface area contributed by atoms with Gasteiger partial charge in [0, 0.05) is 11.4 Å². The SMILES string of the molecule is O=C(CNc1cccc(C(F)(F)F)c1)Nc1ccc(F)cc1. The van der Waals surface area contributed by atoms with E-state index < -0.39 is 23.5 Å². The van der Waals surface area contributed by atoms with Crippen LogP contribution in [0.4, 0.5) is 28.9 Å². The van der Waals surface area contributed by atoms with E-state index in [2.05, 4.69) is 10.6 Å². The van der Waals surface area contributed by atoms with Gasteiger partial charge in [0.25, 0.3) is 0 Å². The summed E-state index contributed by atoms with van der Waals surface area (Å²) in [5.41, 5.74) is -0.210. The van der Waals surface area contributed by atoms with E-state index in [1.807, 2.05) is 0 Å². The molecule has 0 aromatic heterocycles. The van der Waals surface area contributed by atoms with Crippen molar-refractivity contribution in [3.05, 3.63) is 59.9 Å². The van der Waals surface area contributed by atoms with Gasteiger partial charge in [-0.15, -0.1) is 0 Å². The highest BCUT2D eigenvalue weighted by molar-refractivity contribution is 5.93. The van der Waals surface area contributed by atoms with E-state index >= 15 is 0 Å². The molecular formula is C15H12F4N2O. The molecule has 0 unspecified atom stereocenters. The van der Waals surface area contributed by atoms with Crippen LogP contribution in [0.25, 0.3) is 0 Å². The van der Waals surface area contributed by atoms with E-state index in [0.717, 1.165) is 12.1 Å². The quantitative estimate of drug-likeness (QED) is 0.841. The Morgan fingerprint density at radius 3 is 2.32 bits per heavy atom. The number of carbonyl (C=O) groups is 1. The van der Waals surface area contributed by atoms with Crippen molar-refractivity contribution in [2.75, 3.05) is 17.2 Å². The summed E-state index contributed by atoms with van der Waals surface area (Å²) in [7, 11) is 0. The predicted octanol–water partition coefficient (Wildman–Crippen LogP) is 3.90. The van der Waals surface area contributed by atoms with Gasteiger partial charge in [-0.1, -0.05) is 6.07 Å². The number of halogens is 4. The highest BCUT2D eigenvalue weighted by atomic mass is 19.4. The molecule has 2 aromatic rings. The molecule has 0 bridgehead atoms. The summed E-state index contributed by atoms with van der Waals surface area (Å²) in [6, 6.07) is 9.71. The Labute approximate surface area is 124 Å². The molecule has 116 valence electrons. The lowest BCUT2D eigenvalue weighted by atomic mass is 10.2. The molecule has 7 heteroatoms. The first kappa shape index (κ1) is 15.8. The van der Waals surface area contributed by atoms with Gasteiger partial charge in [0.1, 0.15) is 5.82 Å². The molecule has 1 amide bonds. The molecule has 0 saturated carbocycles. The first-order valence-corrected chi connectivity index (χ1v) is 6.31. The molecule has 22 heavy (non-hydrogen) atoms. The molecule has 3 nitrogen and oxygen atoms in total. The highest BCUT2D eigenvalue weighted by Crippen LogP contribution is 2.30. The number of benzene rings is 2. The van der Waals surface area contributed by atoms with E-state index in [0.29, 0.717) is 5.69 Å². The van der Waals surface area contributed by atoms with E-state index in [-0.39, 0.29) is 12.2 Å². The molecule has 0 radical (unpaired) electrons. The summed E-state index contributed by atoms with van der Waals surface area (Å²) in [6.45, 7) is -0.210. The minimum absolute atomic E-state index is 0.184. The van der Waals surface area contributed by atoms with Crippen LogP contribution >= 0.6 is 0 Å². The van der Waals surface area contributed by atoms with Crippen LogP contribution in [-0.4, -0.2) is 12.5 Å². The van der Waals surface area contributed by atoms with E-state index in [9.17, 15) is 22.4 Å². The standard InChI is InChI=1S/C15H12F4N2O/c16-11-4-6-12(7-5-11)21-14(22)9-20-13-3-1-2-10(8-13)15(17,18)19/h1-8,20H,9H2,(H,21,22). The Kier molecular flexibility index (Phi) is 4.65. The highest BCUT2D eigenvalue weighted by Gasteiger charge is 2.30. The minimum atomic E-state index is -4.44. The lowest BCUT2D eigenvalue weighted by Crippen LogP contribution is -2.21. The Morgan fingerprint density at radius 1 is 1.00 bits per heavy atom. The van der Waals surface area contributed by atoms with Gasteiger partial charge in [0.2, 0.25) is 5.91 Å². The molecule has 2 N–H and O–H groups in total. The number of rotatable bonds is 4. The average Bonchev–Trinajstić information content (AvgIpc) is 2.47. The molecule has 0 aliphatic heterocycles. The van der Waals surface area contributed by atoms with Crippen molar-refractivity contribution in [1.29, 1.82) is 0 Å². The smallest absolute Gasteiger partial charge is 0.376 e. The fraction of sp³-hybridized carbons (Fsp3) is 0.133. The van der Waals surface area contributed by atoms with Crippen molar-refractivity contribution in [2.45, 2.75) is 6.18 Å². The lowest BCUT2D eigenvalue weighted by molar-refractivity contribution is -0.137. The first-order chi connectivity index (χ1) is 10.3. The van der Waals surface area contributed by atoms with Crippen molar-refractivity contribution in [2.24, 2.45) is 0 Å². The van der Waals surface area contributed by atoms with Gasteiger partial charge >= 0.3 is 6.18 Å². The van der Waals surface area contributed by atoms with Crippen LogP contribution in [0.1, 0.15) is 5.56 Å². The van der Waals surface area contributed by atoms with Crippen LogP contribution in [-0.2, 0) is 11.0 Å². The second-order valence-electron chi connectivity index (χ2n) is 4.49. The van der Waals surface area contributed by atoms with Gasteiger partial charge in [-0.2, -0.15) is 13.2 Å². The number of carbonyl (C=O) groups excluding carboxylic acids is 1. The molecule has 0 heterocycles. The summed E-state index contributed by atoms with van der Waals surface area (Å²) in [6.07, 6.45) is -4.44. The van der Waals surface area contributed by atoms with Crippen LogP contribution in [0.2, 0.25) is 0 Å². The van der Waals surface area contributed by atoms with Gasteiger partial charge in [0.05, 0.1) is 12.1 Å². The summed E-state index contributed by atoms with van der Waals surface area (Å²) >= 11 is 0. The van der Waals surface area contributed by atoms with Crippen molar-refractivity contribution in [3.8, 4) is 0 Å². The molecule has 2 aromatic carbocycles. The van der Waals surface area contributed by atoms with Crippen molar-refractivity contribution in [1.82, 2.24) is 0 Å². The molecule has 0 atom stereocenters. The molecular weight excluding hydrogens is 300 g/mol. The molecule has 0 saturated heterocycles. The van der Waals surface area contributed by atoms with E-state index in [4.69, 9.17) is 0 Å². The second kappa shape index (κ2) is 6.46. The normalized spacial score (nSPS) is 11.1. The number of anilines is 2. The number of alkyl halides is 3. The zero-order valence-electron chi connectivity index (χ0n) is 11.2. The van der Waals surface area contributed by atoms with Crippen molar-refractivity contribution >= 4 is 17.3 Å². The number of hydrogen-bond donors (Lipinski definition) is 2. The van der Waals surface area contributed by atoms with Gasteiger partial charge in [-0.3, -0.25) is 4.79 Å². The van der Waals surface area contributed by atoms with E-state index in [1.165, 1.54) is 36.4 Å². The number of hydrogen-bond acceptors (Lipinski definition) is 2. The third kappa shape index (κ3) is 4.47. The van der Waals surface area contributed by atoms with Crippen LogP contribution in [0.5, 0.6) is 0 Å². The first-order valence-electron chi connectivity index (χ1n) is 6.31. The summed E-state index contributed by atoms with van der Waals surface area (Å²) < 4.78 is 50.4. The third-order valence-corrected chi connectivity index (χ3v) is 2.77. The predicted molar refractivity (Wildman–Crippen MR) is 75.0 cm³/mol. The van der Waals surface area contributed by atoms with Crippen molar-refractivity contribution in [3.63, 3.8) is 0 Å². The summed E-state index contributed by atoms with van der Waals surface area (Å²) in [5, 5.41) is 5.10. The van der Waals surface area contributed by atoms with Gasteiger partial charge in [-0.25, -0.2) is 4.39 Å². The van der Waals surface area contributed by atoms with Gasteiger partial charge < -0.3 is 10.6 Å². The summed E-state index contributed by atoms with van der Waals surface area (Å²) in [5.74, 6) is -0.885. The van der Waals surface area contributed by atoms with Crippen molar-refractivity contribution < 1.29 is 22.4 Å². The molecule has 2 rings (SSSR count). The van der Waals surface area contributed by atoms with Gasteiger partial charge in [-0.05, 0) is 42.5 Å². The Bertz CT molecular complexity index is 653. The average molecular weight is 312 g/mol. The lowest BCUT2D eigenvalue weighted by Gasteiger charge is -2.11. The summed E-state index contributed by atoms with van der Waals surface area (Å²) in [4.78, 5) is 11.7. The molecule has 0 fully saturated rings. The van der Waals surface area contributed by atoms with Crippen LogP contribution in [0.15, 0.2) is 48.5 Å². The maximum atomic E-state index is 12.7. The minimum Gasteiger partial charge on any atom is -0.376 e. The zero-order valence-corrected chi connectivity index (χ0v) is 11.2. The number of amides is 1. The Balaban J connectivity index is 1.92. The van der Waals surface area contributed by atoms with Crippen LogP contribution in [0, 0.1) is 5.82 Å². The number of nitrogens with one attached hydrogen (secondary N) is 2. The third-order valence-electron chi connectivity index (χ3n) is 2.77. The fourth-order valence-corrected chi connectivity index (χ4v) is 1.73. The second-order valence-corrected chi connectivity index (χ2v) is 4.49. The Hall–Kier alpha value is -2.57. The Morgan fingerprint density at radius 2 is 1.68 bits per heavy atom. The monoisotopic (exact) mass is 312 g/mol. The van der Waals surface area contributed by atoms with E-state index in [1.54, 1.807) is 0 Å². The molecule has 0 aliphatic rings. The zero-order chi connectivity index (χ0) is 16.2. The van der Waals surface area contributed by atoms with Crippen LogP contribution < -0.4 is 10.6 Å².